The van der Waals surface area contributed by atoms with E-state index in [2.05, 4.69) is 4.98 Å². The minimum absolute atomic E-state index is 0.169. The summed E-state index contributed by atoms with van der Waals surface area (Å²) in [4.78, 5) is 16.7. The van der Waals surface area contributed by atoms with E-state index in [-0.39, 0.29) is 36.9 Å². The lowest BCUT2D eigenvalue weighted by molar-refractivity contribution is -0.0568. The van der Waals surface area contributed by atoms with Crippen LogP contribution in [0.5, 0.6) is 0 Å². The Morgan fingerprint density at radius 2 is 1.95 bits per heavy atom. The molecule has 0 saturated carbocycles. The first kappa shape index (κ1) is 14.1. The maximum atomic E-state index is 13.7. The minimum Gasteiger partial charge on any atom is -0.355 e. The number of halogens is 3. The van der Waals surface area contributed by atoms with Crippen LogP contribution in [0.25, 0.3) is 10.9 Å². The van der Waals surface area contributed by atoms with Gasteiger partial charge in [-0.3, -0.25) is 9.69 Å². The number of rotatable bonds is 2. The fourth-order valence-electron chi connectivity index (χ4n) is 2.65. The number of aromatic amines is 1. The minimum atomic E-state index is -2.60. The molecule has 6 heteroatoms. The molecular weight excluding hydrogens is 281 g/mol. The number of hydrogen-bond acceptors (Lipinski definition) is 2. The number of para-hydroxylation sites is 1. The average Bonchev–Trinajstić information content (AvgIpc) is 2.43. The van der Waals surface area contributed by atoms with Crippen molar-refractivity contribution in [1.29, 1.82) is 0 Å². The lowest BCUT2D eigenvalue weighted by atomic mass is 10.1. The van der Waals surface area contributed by atoms with Crippen LogP contribution in [0.3, 0.4) is 0 Å². The van der Waals surface area contributed by atoms with Gasteiger partial charge in [0, 0.05) is 49.6 Å². The molecule has 3 rings (SSSR count). The molecule has 0 radical (unpaired) electrons. The number of fused-ring (bicyclic) bond motifs is 1. The highest BCUT2D eigenvalue weighted by Gasteiger charge is 2.33. The van der Waals surface area contributed by atoms with E-state index in [1.807, 2.05) is 4.90 Å². The molecule has 0 unspecified atom stereocenters. The number of piperidine rings is 1. The molecule has 2 aromatic rings. The maximum absolute atomic E-state index is 13.7. The van der Waals surface area contributed by atoms with Crippen LogP contribution in [0.4, 0.5) is 13.2 Å². The molecule has 112 valence electrons. The van der Waals surface area contributed by atoms with Gasteiger partial charge in [-0.25, -0.2) is 13.2 Å². The van der Waals surface area contributed by atoms with E-state index in [1.165, 1.54) is 18.2 Å². The first-order valence-corrected chi connectivity index (χ1v) is 6.85. The molecule has 21 heavy (non-hydrogen) atoms. The Hall–Kier alpha value is -1.82. The highest BCUT2D eigenvalue weighted by molar-refractivity contribution is 5.78. The quantitative estimate of drug-likeness (QED) is 0.925. The average molecular weight is 296 g/mol. The molecular formula is C15H15F3N2O. The van der Waals surface area contributed by atoms with Gasteiger partial charge in [0.05, 0.1) is 5.52 Å². The number of aromatic nitrogens is 1. The SMILES string of the molecule is O=c1cc(CN2CCC(F)(F)CC2)[nH]c2c(F)cccc12. The second kappa shape index (κ2) is 5.18. The summed E-state index contributed by atoms with van der Waals surface area (Å²) in [5, 5.41) is 0.295. The highest BCUT2D eigenvalue weighted by atomic mass is 19.3. The van der Waals surface area contributed by atoms with Crippen LogP contribution in [0.15, 0.2) is 29.1 Å². The molecule has 1 N–H and O–H groups in total. The van der Waals surface area contributed by atoms with Crippen LogP contribution in [-0.2, 0) is 6.54 Å². The Morgan fingerprint density at radius 3 is 2.67 bits per heavy atom. The summed E-state index contributed by atoms with van der Waals surface area (Å²) in [5.74, 6) is -3.09. The zero-order chi connectivity index (χ0) is 15.0. The lowest BCUT2D eigenvalue weighted by Gasteiger charge is -2.31. The van der Waals surface area contributed by atoms with Gasteiger partial charge in [-0.1, -0.05) is 6.07 Å². The Labute approximate surface area is 119 Å². The summed E-state index contributed by atoms with van der Waals surface area (Å²) in [6.45, 7) is 0.879. The summed E-state index contributed by atoms with van der Waals surface area (Å²) in [5.41, 5.74) is 0.450. The topological polar surface area (TPSA) is 36.1 Å². The van der Waals surface area contributed by atoms with Crippen LogP contribution >= 0.6 is 0 Å². The van der Waals surface area contributed by atoms with Gasteiger partial charge in [0.15, 0.2) is 5.43 Å². The number of pyridine rings is 1. The second-order valence-corrected chi connectivity index (χ2v) is 5.45. The standard InChI is InChI=1S/C15H15F3N2O/c16-12-3-1-2-11-13(21)8-10(19-14(11)12)9-20-6-4-15(17,18)5-7-20/h1-3,8H,4-7,9H2,(H,19,21). The smallest absolute Gasteiger partial charge is 0.250 e. The van der Waals surface area contributed by atoms with E-state index < -0.39 is 11.7 Å². The van der Waals surface area contributed by atoms with E-state index in [0.717, 1.165) is 0 Å². The van der Waals surface area contributed by atoms with Gasteiger partial charge >= 0.3 is 0 Å². The first-order valence-electron chi connectivity index (χ1n) is 6.85. The van der Waals surface area contributed by atoms with E-state index in [9.17, 15) is 18.0 Å². The number of hydrogen-bond donors (Lipinski definition) is 1. The van der Waals surface area contributed by atoms with Crippen molar-refractivity contribution in [3.05, 3.63) is 46.0 Å². The third kappa shape index (κ3) is 2.95. The molecule has 1 aliphatic rings. The number of likely N-dealkylation sites (tertiary alicyclic amines) is 1. The van der Waals surface area contributed by atoms with Gasteiger partial charge in [-0.05, 0) is 12.1 Å². The molecule has 1 aromatic carbocycles. The Bertz CT molecular complexity index is 716. The van der Waals surface area contributed by atoms with Crippen molar-refractivity contribution >= 4 is 10.9 Å². The molecule has 0 bridgehead atoms. The summed E-state index contributed by atoms with van der Waals surface area (Å²) in [6.07, 6.45) is -0.363. The van der Waals surface area contributed by atoms with Crippen LogP contribution in [0.1, 0.15) is 18.5 Å². The fourth-order valence-corrected chi connectivity index (χ4v) is 2.65. The Balaban J connectivity index is 1.85. The van der Waals surface area contributed by atoms with Crippen LogP contribution in [0, 0.1) is 5.82 Å². The molecule has 0 amide bonds. The van der Waals surface area contributed by atoms with Crippen molar-refractivity contribution in [1.82, 2.24) is 9.88 Å². The normalized spacial score (nSPS) is 19.0. The van der Waals surface area contributed by atoms with E-state index in [4.69, 9.17) is 0 Å². The number of nitrogens with zero attached hydrogens (tertiary/aromatic N) is 1. The highest BCUT2D eigenvalue weighted by Crippen LogP contribution is 2.28. The molecule has 2 heterocycles. The molecule has 0 spiro atoms. The molecule has 1 saturated heterocycles. The van der Waals surface area contributed by atoms with Crippen molar-refractivity contribution in [2.45, 2.75) is 25.3 Å². The van der Waals surface area contributed by atoms with Crippen molar-refractivity contribution in [3.63, 3.8) is 0 Å². The fraction of sp³-hybridized carbons (Fsp3) is 0.400. The lowest BCUT2D eigenvalue weighted by Crippen LogP contribution is -2.39. The Kier molecular flexibility index (Phi) is 3.49. The Morgan fingerprint density at radius 1 is 1.24 bits per heavy atom. The zero-order valence-electron chi connectivity index (χ0n) is 11.3. The predicted molar refractivity (Wildman–Crippen MR) is 74.0 cm³/mol. The monoisotopic (exact) mass is 296 g/mol. The van der Waals surface area contributed by atoms with Crippen molar-refractivity contribution < 1.29 is 13.2 Å². The maximum Gasteiger partial charge on any atom is 0.250 e. The zero-order valence-corrected chi connectivity index (χ0v) is 11.3. The molecule has 0 atom stereocenters. The largest absolute Gasteiger partial charge is 0.355 e. The molecule has 0 aliphatic carbocycles. The van der Waals surface area contributed by atoms with Crippen molar-refractivity contribution in [2.24, 2.45) is 0 Å². The van der Waals surface area contributed by atoms with Crippen LogP contribution in [-0.4, -0.2) is 28.9 Å². The van der Waals surface area contributed by atoms with E-state index >= 15 is 0 Å². The third-order valence-electron chi connectivity index (χ3n) is 3.85. The third-order valence-corrected chi connectivity index (χ3v) is 3.85. The predicted octanol–water partition coefficient (Wildman–Crippen LogP) is 2.90. The number of H-pyrrole nitrogens is 1. The molecule has 1 fully saturated rings. The van der Waals surface area contributed by atoms with Gasteiger partial charge in [0.1, 0.15) is 5.82 Å². The van der Waals surface area contributed by atoms with Crippen LogP contribution in [0.2, 0.25) is 0 Å². The van der Waals surface area contributed by atoms with Gasteiger partial charge in [0.2, 0.25) is 0 Å². The van der Waals surface area contributed by atoms with Crippen molar-refractivity contribution in [3.8, 4) is 0 Å². The molecule has 3 nitrogen and oxygen atoms in total. The van der Waals surface area contributed by atoms with E-state index in [1.54, 1.807) is 6.07 Å². The summed E-state index contributed by atoms with van der Waals surface area (Å²) in [6, 6.07) is 5.74. The summed E-state index contributed by atoms with van der Waals surface area (Å²) < 4.78 is 40.0. The first-order chi connectivity index (χ1) is 9.94. The summed E-state index contributed by atoms with van der Waals surface area (Å²) in [7, 11) is 0. The number of nitrogens with one attached hydrogen (secondary N) is 1. The van der Waals surface area contributed by atoms with Gasteiger partial charge < -0.3 is 4.98 Å². The number of benzene rings is 1. The number of alkyl halides is 2. The van der Waals surface area contributed by atoms with Gasteiger partial charge in [-0.2, -0.15) is 0 Å². The second-order valence-electron chi connectivity index (χ2n) is 5.45. The van der Waals surface area contributed by atoms with E-state index in [0.29, 0.717) is 17.6 Å². The molecule has 1 aliphatic heterocycles. The van der Waals surface area contributed by atoms with Crippen LogP contribution < -0.4 is 5.43 Å². The van der Waals surface area contributed by atoms with Gasteiger partial charge in [-0.15, -0.1) is 0 Å². The van der Waals surface area contributed by atoms with Crippen molar-refractivity contribution in [2.75, 3.05) is 13.1 Å². The molecule has 1 aromatic heterocycles. The van der Waals surface area contributed by atoms with Gasteiger partial charge in [0.25, 0.3) is 5.92 Å². The summed E-state index contributed by atoms with van der Waals surface area (Å²) >= 11 is 0.